The fourth-order valence-electron chi connectivity index (χ4n) is 3.51. The molecule has 9 nitrogen and oxygen atoms in total. The Morgan fingerprint density at radius 2 is 2.03 bits per heavy atom. The van der Waals surface area contributed by atoms with Gasteiger partial charge >= 0.3 is 5.69 Å². The number of fused-ring (bicyclic) bond motifs is 1. The van der Waals surface area contributed by atoms with Gasteiger partial charge in [-0.05, 0) is 25.0 Å². The second-order valence-corrected chi connectivity index (χ2v) is 8.43. The van der Waals surface area contributed by atoms with Gasteiger partial charge in [-0.3, -0.25) is 18.7 Å². The molecule has 3 heterocycles. The minimum absolute atomic E-state index is 0.0123. The highest BCUT2D eigenvalue weighted by Crippen LogP contribution is 2.27. The van der Waals surface area contributed by atoms with Gasteiger partial charge in [0.15, 0.2) is 11.5 Å². The summed E-state index contributed by atoms with van der Waals surface area (Å²) >= 11 is 1.04. The summed E-state index contributed by atoms with van der Waals surface area (Å²) in [5.41, 5.74) is -0.933. The van der Waals surface area contributed by atoms with E-state index in [1.165, 1.54) is 30.8 Å². The molecular weight excluding hydrogens is 437 g/mol. The summed E-state index contributed by atoms with van der Waals surface area (Å²) in [4.78, 5) is 46.3. The van der Waals surface area contributed by atoms with Crippen molar-refractivity contribution in [1.82, 2.24) is 24.4 Å². The maximum atomic E-state index is 14.4. The van der Waals surface area contributed by atoms with E-state index in [0.717, 1.165) is 29.2 Å². The lowest BCUT2D eigenvalue weighted by Crippen LogP contribution is -2.38. The van der Waals surface area contributed by atoms with Gasteiger partial charge in [0, 0.05) is 27.2 Å². The van der Waals surface area contributed by atoms with Crippen molar-refractivity contribution < 1.29 is 13.9 Å². The average Bonchev–Trinajstić information content (AvgIpc) is 3.32. The van der Waals surface area contributed by atoms with Crippen LogP contribution in [-0.2, 0) is 23.6 Å². The molecule has 1 aromatic carbocycles. The molecule has 168 valence electrons. The maximum absolute atomic E-state index is 14.4. The highest BCUT2D eigenvalue weighted by Gasteiger charge is 2.21. The molecule has 0 bridgehead atoms. The maximum Gasteiger partial charge on any atom is 0.332 e. The number of aryl methyl sites for hydroxylation is 1. The molecule has 3 aromatic rings. The van der Waals surface area contributed by atoms with Gasteiger partial charge in [0.25, 0.3) is 5.56 Å². The summed E-state index contributed by atoms with van der Waals surface area (Å²) in [6.07, 6.45) is 1.89. The molecule has 1 aliphatic rings. The summed E-state index contributed by atoms with van der Waals surface area (Å²) in [5, 5.41) is 3.13. The van der Waals surface area contributed by atoms with Gasteiger partial charge in [-0.15, -0.1) is 0 Å². The van der Waals surface area contributed by atoms with E-state index in [-0.39, 0.29) is 45.2 Å². The zero-order valence-electron chi connectivity index (χ0n) is 17.6. The normalized spacial score (nSPS) is 15.9. The first-order valence-electron chi connectivity index (χ1n) is 10.1. The van der Waals surface area contributed by atoms with Gasteiger partial charge in [0.2, 0.25) is 5.91 Å². The second kappa shape index (κ2) is 9.21. The van der Waals surface area contributed by atoms with Crippen LogP contribution in [0.2, 0.25) is 0 Å². The van der Waals surface area contributed by atoms with Crippen molar-refractivity contribution in [3.8, 4) is 11.4 Å². The third kappa shape index (κ3) is 4.30. The van der Waals surface area contributed by atoms with Gasteiger partial charge in [0.1, 0.15) is 16.2 Å². The van der Waals surface area contributed by atoms with Crippen LogP contribution in [0.4, 0.5) is 4.39 Å². The third-order valence-electron chi connectivity index (χ3n) is 5.27. The number of carbonyl (C=O) groups is 1. The number of benzene rings is 1. The molecule has 11 heteroatoms. The number of hydrogen-bond donors (Lipinski definition) is 1. The SMILES string of the molecule is Cn1c(=O)c2c(SCC(=O)NC[C@H]3CCCO3)nc(-c3ccccc3F)nc2n(C)c1=O. The lowest BCUT2D eigenvalue weighted by molar-refractivity contribution is -0.119. The number of halogens is 1. The van der Waals surface area contributed by atoms with E-state index in [0.29, 0.717) is 13.2 Å². The summed E-state index contributed by atoms with van der Waals surface area (Å²) in [7, 11) is 2.84. The first-order valence-corrected chi connectivity index (χ1v) is 11.1. The van der Waals surface area contributed by atoms with Crippen LogP contribution >= 0.6 is 11.8 Å². The highest BCUT2D eigenvalue weighted by molar-refractivity contribution is 8.00. The Hall–Kier alpha value is -3.05. The molecular formula is C21H22FN5O4S. The minimum atomic E-state index is -0.578. The van der Waals surface area contributed by atoms with Gasteiger partial charge < -0.3 is 10.1 Å². The number of rotatable bonds is 6. The Bertz CT molecular complexity index is 1300. The van der Waals surface area contributed by atoms with Crippen molar-refractivity contribution in [2.45, 2.75) is 24.0 Å². The Balaban J connectivity index is 1.72. The van der Waals surface area contributed by atoms with Gasteiger partial charge in [0.05, 0.1) is 17.4 Å². The predicted molar refractivity (Wildman–Crippen MR) is 118 cm³/mol. The van der Waals surface area contributed by atoms with E-state index < -0.39 is 17.1 Å². The summed E-state index contributed by atoms with van der Waals surface area (Å²) < 4.78 is 22.1. The summed E-state index contributed by atoms with van der Waals surface area (Å²) in [5.74, 6) is -0.764. The smallest absolute Gasteiger partial charge is 0.332 e. The molecule has 0 radical (unpaired) electrons. The molecule has 1 N–H and O–H groups in total. The summed E-state index contributed by atoms with van der Waals surface area (Å²) in [6.45, 7) is 1.11. The highest BCUT2D eigenvalue weighted by atomic mass is 32.2. The molecule has 32 heavy (non-hydrogen) atoms. The van der Waals surface area contributed by atoms with Crippen molar-refractivity contribution in [2.24, 2.45) is 14.1 Å². The van der Waals surface area contributed by atoms with E-state index in [1.54, 1.807) is 12.1 Å². The van der Waals surface area contributed by atoms with Crippen LogP contribution in [0.25, 0.3) is 22.4 Å². The molecule has 4 rings (SSSR count). The van der Waals surface area contributed by atoms with Crippen molar-refractivity contribution in [1.29, 1.82) is 0 Å². The fourth-order valence-corrected chi connectivity index (χ4v) is 4.36. The Morgan fingerprint density at radius 3 is 2.75 bits per heavy atom. The van der Waals surface area contributed by atoms with E-state index in [2.05, 4.69) is 15.3 Å². The monoisotopic (exact) mass is 459 g/mol. The quantitative estimate of drug-likeness (QED) is 0.436. The van der Waals surface area contributed by atoms with Crippen molar-refractivity contribution >= 4 is 28.7 Å². The zero-order valence-corrected chi connectivity index (χ0v) is 18.4. The summed E-state index contributed by atoms with van der Waals surface area (Å²) in [6, 6.07) is 5.97. The molecule has 0 unspecified atom stereocenters. The second-order valence-electron chi connectivity index (χ2n) is 7.46. The number of nitrogens with one attached hydrogen (secondary N) is 1. The molecule has 1 amide bonds. The molecule has 0 spiro atoms. The zero-order chi connectivity index (χ0) is 22.8. The van der Waals surface area contributed by atoms with Crippen molar-refractivity contribution in [3.05, 3.63) is 50.9 Å². The topological polar surface area (TPSA) is 108 Å². The van der Waals surface area contributed by atoms with Crippen LogP contribution in [0.3, 0.4) is 0 Å². The number of nitrogens with zero attached hydrogens (tertiary/aromatic N) is 4. The number of carbonyl (C=O) groups excluding carboxylic acids is 1. The standard InChI is InChI=1S/C21H22FN5O4S/c1-26-18-16(20(29)27(2)21(26)30)19(25-17(24-18)13-7-3-4-8-14(13)22)32-11-15(28)23-10-12-6-5-9-31-12/h3-4,7-8,12H,5-6,9-11H2,1-2H3,(H,23,28)/t12-/m1/s1. The largest absolute Gasteiger partial charge is 0.376 e. The first kappa shape index (κ1) is 22.2. The van der Waals surface area contributed by atoms with Gasteiger partial charge in [-0.25, -0.2) is 19.2 Å². The van der Waals surface area contributed by atoms with Crippen molar-refractivity contribution in [3.63, 3.8) is 0 Å². The minimum Gasteiger partial charge on any atom is -0.376 e. The predicted octanol–water partition coefficient (Wildman–Crippen LogP) is 1.22. The van der Waals surface area contributed by atoms with Crippen LogP contribution in [0.1, 0.15) is 12.8 Å². The van der Waals surface area contributed by atoms with E-state index in [9.17, 15) is 18.8 Å². The first-order chi connectivity index (χ1) is 15.4. The van der Waals surface area contributed by atoms with Crippen molar-refractivity contribution in [2.75, 3.05) is 18.9 Å². The Morgan fingerprint density at radius 1 is 1.25 bits per heavy atom. The number of aromatic nitrogens is 4. The fraction of sp³-hybridized carbons (Fsp3) is 0.381. The lowest BCUT2D eigenvalue weighted by atomic mass is 10.2. The van der Waals surface area contributed by atoms with Crippen LogP contribution in [0.5, 0.6) is 0 Å². The average molecular weight is 460 g/mol. The number of hydrogen-bond acceptors (Lipinski definition) is 7. The molecule has 0 aliphatic carbocycles. The van der Waals surface area contributed by atoms with Gasteiger partial charge in [-0.2, -0.15) is 0 Å². The third-order valence-corrected chi connectivity index (χ3v) is 6.25. The lowest BCUT2D eigenvalue weighted by Gasteiger charge is -2.13. The molecule has 1 fully saturated rings. The number of amides is 1. The van der Waals surface area contributed by atoms with E-state index in [4.69, 9.17) is 4.74 Å². The van der Waals surface area contributed by atoms with Crippen LogP contribution < -0.4 is 16.6 Å². The molecule has 0 saturated carbocycles. The van der Waals surface area contributed by atoms with Crippen LogP contribution in [-0.4, -0.2) is 50.0 Å². The van der Waals surface area contributed by atoms with E-state index >= 15 is 0 Å². The van der Waals surface area contributed by atoms with Crippen LogP contribution in [0.15, 0.2) is 38.9 Å². The Labute approximate surface area is 186 Å². The molecule has 1 aliphatic heterocycles. The number of ether oxygens (including phenoxy) is 1. The molecule has 1 atom stereocenters. The van der Waals surface area contributed by atoms with E-state index in [1.807, 2.05) is 0 Å². The molecule has 1 saturated heterocycles. The Kier molecular flexibility index (Phi) is 6.38. The molecule has 2 aromatic heterocycles. The van der Waals surface area contributed by atoms with Crippen LogP contribution in [0, 0.1) is 5.82 Å². The number of thioether (sulfide) groups is 1. The van der Waals surface area contributed by atoms with Gasteiger partial charge in [-0.1, -0.05) is 23.9 Å².